The number of hydrogen-bond donors (Lipinski definition) is 3. The second kappa shape index (κ2) is 11.5. The van der Waals surface area contributed by atoms with Crippen LogP contribution >= 0.6 is 0 Å². The molecule has 0 amide bonds. The van der Waals surface area contributed by atoms with Gasteiger partial charge < -0.3 is 20.9 Å². The minimum Gasteiger partial charge on any atom is -0.489 e. The molecule has 0 spiro atoms. The molecule has 0 saturated carbocycles. The van der Waals surface area contributed by atoms with E-state index in [1.807, 2.05) is 36.4 Å². The average molecular weight is 486 g/mol. The van der Waals surface area contributed by atoms with Gasteiger partial charge in [-0.05, 0) is 54.4 Å². The van der Waals surface area contributed by atoms with Crippen molar-refractivity contribution in [2.45, 2.75) is 32.5 Å². The Morgan fingerprint density at radius 1 is 1.08 bits per heavy atom. The van der Waals surface area contributed by atoms with E-state index in [2.05, 4.69) is 10.3 Å². The SMILES string of the molecule is C[C@@H](N)c1cccc(-c2cc(COc3ccccc3CC(=O)O)cc(NCc3ccccn3)c2)c1F. The van der Waals surface area contributed by atoms with E-state index in [0.717, 1.165) is 16.9 Å². The number of carboxylic acid groups (broad SMARTS) is 1. The largest absolute Gasteiger partial charge is 0.489 e. The maximum absolute atomic E-state index is 15.4. The molecule has 0 bridgehead atoms. The molecule has 36 heavy (non-hydrogen) atoms. The number of ether oxygens (including phenoxy) is 1. The fourth-order valence-electron chi connectivity index (χ4n) is 3.97. The zero-order valence-corrected chi connectivity index (χ0v) is 19.9. The summed E-state index contributed by atoms with van der Waals surface area (Å²) in [4.78, 5) is 15.6. The molecule has 0 aliphatic carbocycles. The first-order chi connectivity index (χ1) is 17.4. The molecule has 1 heterocycles. The number of anilines is 1. The summed E-state index contributed by atoms with van der Waals surface area (Å²) in [5.74, 6) is -0.787. The Hall–Kier alpha value is -4.23. The topological polar surface area (TPSA) is 97.5 Å². The number of benzene rings is 3. The normalized spacial score (nSPS) is 11.6. The van der Waals surface area contributed by atoms with Gasteiger partial charge >= 0.3 is 5.97 Å². The van der Waals surface area contributed by atoms with Crippen molar-refractivity contribution in [1.29, 1.82) is 0 Å². The molecule has 184 valence electrons. The fourth-order valence-corrected chi connectivity index (χ4v) is 3.97. The lowest BCUT2D eigenvalue weighted by molar-refractivity contribution is -0.136. The standard InChI is InChI=1S/C29H28FN3O3/c1-19(31)25-9-6-10-26(29(25)30)22-13-20(14-24(15-22)33-17-23-8-4-5-12-32-23)18-36-27-11-3-2-7-21(27)16-28(34)35/h2-15,19,33H,16-18,31H2,1H3,(H,34,35)/t19-/m1/s1. The van der Waals surface area contributed by atoms with E-state index in [4.69, 9.17) is 10.5 Å². The zero-order valence-electron chi connectivity index (χ0n) is 19.9. The number of aromatic nitrogens is 1. The van der Waals surface area contributed by atoms with Crippen molar-refractivity contribution in [1.82, 2.24) is 4.98 Å². The molecule has 0 aliphatic heterocycles. The first-order valence-corrected chi connectivity index (χ1v) is 11.7. The van der Waals surface area contributed by atoms with Gasteiger partial charge in [0, 0.05) is 34.6 Å². The van der Waals surface area contributed by atoms with Crippen LogP contribution in [0.4, 0.5) is 10.1 Å². The Kier molecular flexibility index (Phi) is 7.92. The van der Waals surface area contributed by atoms with Gasteiger partial charge in [-0.2, -0.15) is 0 Å². The predicted molar refractivity (Wildman–Crippen MR) is 138 cm³/mol. The second-order valence-electron chi connectivity index (χ2n) is 8.56. The number of halogens is 1. The maximum atomic E-state index is 15.4. The highest BCUT2D eigenvalue weighted by molar-refractivity contribution is 5.72. The fraction of sp³-hybridized carbons (Fsp3) is 0.172. The smallest absolute Gasteiger partial charge is 0.307 e. The van der Waals surface area contributed by atoms with Gasteiger partial charge in [0.15, 0.2) is 0 Å². The number of pyridine rings is 1. The lowest BCUT2D eigenvalue weighted by Crippen LogP contribution is -2.08. The number of nitrogens with one attached hydrogen (secondary N) is 1. The lowest BCUT2D eigenvalue weighted by Gasteiger charge is -2.16. The van der Waals surface area contributed by atoms with E-state index >= 15 is 4.39 Å². The molecule has 7 heteroatoms. The molecule has 3 aromatic carbocycles. The van der Waals surface area contributed by atoms with Gasteiger partial charge in [-0.1, -0.05) is 42.5 Å². The molecule has 0 fully saturated rings. The minimum absolute atomic E-state index is 0.137. The molecule has 0 saturated heterocycles. The third-order valence-corrected chi connectivity index (χ3v) is 5.73. The quantitative estimate of drug-likeness (QED) is 0.266. The summed E-state index contributed by atoms with van der Waals surface area (Å²) in [7, 11) is 0. The summed E-state index contributed by atoms with van der Waals surface area (Å²) in [6, 6.07) is 23.2. The Labute approximate surface area is 209 Å². The van der Waals surface area contributed by atoms with Crippen molar-refractivity contribution < 1.29 is 19.0 Å². The number of aliphatic carboxylic acids is 1. The Bertz CT molecular complexity index is 1340. The van der Waals surface area contributed by atoms with Gasteiger partial charge in [-0.3, -0.25) is 9.78 Å². The molecule has 1 atom stereocenters. The summed E-state index contributed by atoms with van der Waals surface area (Å²) in [6.45, 7) is 2.42. The van der Waals surface area contributed by atoms with E-state index < -0.39 is 12.0 Å². The third kappa shape index (κ3) is 6.25. The molecule has 6 nitrogen and oxygen atoms in total. The summed E-state index contributed by atoms with van der Waals surface area (Å²) >= 11 is 0. The lowest BCUT2D eigenvalue weighted by atomic mass is 9.97. The van der Waals surface area contributed by atoms with Crippen LogP contribution in [0.15, 0.2) is 85.1 Å². The number of carboxylic acids is 1. The van der Waals surface area contributed by atoms with E-state index in [-0.39, 0.29) is 18.8 Å². The summed E-state index contributed by atoms with van der Waals surface area (Å²) < 4.78 is 21.4. The van der Waals surface area contributed by atoms with Crippen molar-refractivity contribution >= 4 is 11.7 Å². The highest BCUT2D eigenvalue weighted by atomic mass is 19.1. The Balaban J connectivity index is 1.66. The molecule has 0 aliphatic rings. The van der Waals surface area contributed by atoms with Crippen molar-refractivity contribution in [3.63, 3.8) is 0 Å². The highest BCUT2D eigenvalue weighted by Gasteiger charge is 2.15. The summed E-state index contributed by atoms with van der Waals surface area (Å²) in [5, 5.41) is 12.6. The van der Waals surface area contributed by atoms with E-state index in [9.17, 15) is 9.90 Å². The van der Waals surface area contributed by atoms with E-state index in [1.165, 1.54) is 0 Å². The van der Waals surface area contributed by atoms with Gasteiger partial charge in [-0.25, -0.2) is 4.39 Å². The van der Waals surface area contributed by atoms with E-state index in [1.54, 1.807) is 55.6 Å². The summed E-state index contributed by atoms with van der Waals surface area (Å²) in [6.07, 6.45) is 1.60. The van der Waals surface area contributed by atoms with Crippen LogP contribution in [0.5, 0.6) is 5.75 Å². The van der Waals surface area contributed by atoms with Crippen LogP contribution in [0, 0.1) is 5.82 Å². The van der Waals surface area contributed by atoms with Crippen molar-refractivity contribution in [3.8, 4) is 16.9 Å². The summed E-state index contributed by atoms with van der Waals surface area (Å²) in [5.41, 5.74) is 10.6. The number of para-hydroxylation sites is 1. The van der Waals surface area contributed by atoms with Crippen LogP contribution in [-0.4, -0.2) is 16.1 Å². The number of carbonyl (C=O) groups is 1. The number of nitrogens with zero attached hydrogens (tertiary/aromatic N) is 1. The first kappa shape index (κ1) is 24.9. The van der Waals surface area contributed by atoms with Crippen LogP contribution in [0.3, 0.4) is 0 Å². The van der Waals surface area contributed by atoms with Crippen LogP contribution in [0.2, 0.25) is 0 Å². The third-order valence-electron chi connectivity index (χ3n) is 5.73. The Morgan fingerprint density at radius 3 is 2.64 bits per heavy atom. The molecule has 1 aromatic heterocycles. The maximum Gasteiger partial charge on any atom is 0.307 e. The van der Waals surface area contributed by atoms with Crippen LogP contribution in [0.1, 0.15) is 35.3 Å². The molecular weight excluding hydrogens is 457 g/mol. The monoisotopic (exact) mass is 485 g/mol. The molecule has 4 N–H and O–H groups in total. The molecule has 0 unspecified atom stereocenters. The van der Waals surface area contributed by atoms with Gasteiger partial charge in [0.25, 0.3) is 0 Å². The average Bonchev–Trinajstić information content (AvgIpc) is 2.87. The first-order valence-electron chi connectivity index (χ1n) is 11.7. The van der Waals surface area contributed by atoms with Crippen LogP contribution < -0.4 is 15.8 Å². The molecule has 4 rings (SSSR count). The van der Waals surface area contributed by atoms with Gasteiger partial charge in [-0.15, -0.1) is 0 Å². The molecular formula is C29H28FN3O3. The van der Waals surface area contributed by atoms with Crippen LogP contribution in [0.25, 0.3) is 11.1 Å². The number of rotatable bonds is 10. The second-order valence-corrected chi connectivity index (χ2v) is 8.56. The van der Waals surface area contributed by atoms with E-state index in [0.29, 0.717) is 34.5 Å². The predicted octanol–water partition coefficient (Wildman–Crippen LogP) is 5.73. The Morgan fingerprint density at radius 2 is 1.89 bits per heavy atom. The molecule has 4 aromatic rings. The van der Waals surface area contributed by atoms with Crippen molar-refractivity contribution in [2.75, 3.05) is 5.32 Å². The van der Waals surface area contributed by atoms with Gasteiger partial charge in [0.2, 0.25) is 0 Å². The highest BCUT2D eigenvalue weighted by Crippen LogP contribution is 2.31. The van der Waals surface area contributed by atoms with Crippen molar-refractivity contribution in [3.05, 3.63) is 113 Å². The van der Waals surface area contributed by atoms with Crippen LogP contribution in [-0.2, 0) is 24.4 Å². The van der Waals surface area contributed by atoms with Gasteiger partial charge in [0.1, 0.15) is 18.2 Å². The number of nitrogens with two attached hydrogens (primary N) is 1. The number of hydrogen-bond acceptors (Lipinski definition) is 5. The molecule has 0 radical (unpaired) electrons. The van der Waals surface area contributed by atoms with Gasteiger partial charge in [0.05, 0.1) is 18.7 Å². The zero-order chi connectivity index (χ0) is 25.5. The van der Waals surface area contributed by atoms with Crippen molar-refractivity contribution in [2.24, 2.45) is 5.73 Å². The minimum atomic E-state index is -0.932.